The molecule has 0 saturated carbocycles. The highest BCUT2D eigenvalue weighted by Gasteiger charge is 2.00. The Kier molecular flexibility index (Phi) is 1.99. The van der Waals surface area contributed by atoms with Gasteiger partial charge in [0.25, 0.3) is 0 Å². The molecule has 0 atom stereocenters. The Morgan fingerprint density at radius 1 is 1.15 bits per heavy atom. The van der Waals surface area contributed by atoms with Gasteiger partial charge in [0.2, 0.25) is 0 Å². The molecule has 2 rings (SSSR count). The molecule has 2 nitrogen and oxygen atoms in total. The Hall–Kier alpha value is -1.41. The zero-order valence-electron chi connectivity index (χ0n) is 6.94. The zero-order chi connectivity index (χ0) is 9.26. The molecule has 3 heteroatoms. The minimum absolute atomic E-state index is 0.661. The second-order valence-electron chi connectivity index (χ2n) is 2.79. The summed E-state index contributed by atoms with van der Waals surface area (Å²) in [5.41, 5.74) is 7.44. The van der Waals surface area contributed by atoms with Crippen molar-refractivity contribution >= 4 is 17.3 Å². The third-order valence-electron chi connectivity index (χ3n) is 1.87. The number of aromatic nitrogens is 1. The van der Waals surface area contributed by atoms with Gasteiger partial charge in [-0.1, -0.05) is 11.6 Å². The molecule has 1 aromatic heterocycles. The van der Waals surface area contributed by atoms with Gasteiger partial charge in [0.1, 0.15) is 0 Å². The molecule has 0 spiro atoms. The minimum atomic E-state index is 0.661. The smallest absolute Gasteiger partial charge is 0.0681 e. The van der Waals surface area contributed by atoms with Crippen LogP contribution in [0.15, 0.2) is 42.7 Å². The van der Waals surface area contributed by atoms with Gasteiger partial charge in [0.05, 0.1) is 11.4 Å². The molecule has 0 fully saturated rings. The summed E-state index contributed by atoms with van der Waals surface area (Å²) in [5, 5.41) is 0.661. The lowest BCUT2D eigenvalue weighted by Crippen LogP contribution is -1.96. The molecule has 13 heavy (non-hydrogen) atoms. The first kappa shape index (κ1) is 8.20. The van der Waals surface area contributed by atoms with Crippen molar-refractivity contribution in [2.24, 2.45) is 0 Å². The van der Waals surface area contributed by atoms with Crippen molar-refractivity contribution in [2.45, 2.75) is 0 Å². The molecular formula is C10H9ClN2. The monoisotopic (exact) mass is 192 g/mol. The van der Waals surface area contributed by atoms with Crippen LogP contribution in [0, 0.1) is 0 Å². The predicted octanol–water partition coefficient (Wildman–Crippen LogP) is 2.71. The summed E-state index contributed by atoms with van der Waals surface area (Å²) < 4.78 is 1.95. The van der Waals surface area contributed by atoms with Crippen molar-refractivity contribution in [3.05, 3.63) is 47.7 Å². The molecule has 0 radical (unpaired) electrons. The van der Waals surface area contributed by atoms with Gasteiger partial charge in [-0.3, -0.25) is 0 Å². The maximum Gasteiger partial charge on any atom is 0.0681 e. The van der Waals surface area contributed by atoms with Crippen LogP contribution in [0.4, 0.5) is 5.69 Å². The fourth-order valence-corrected chi connectivity index (χ4v) is 1.44. The van der Waals surface area contributed by atoms with Gasteiger partial charge in [0.15, 0.2) is 0 Å². The molecule has 1 aromatic carbocycles. The van der Waals surface area contributed by atoms with Gasteiger partial charge >= 0.3 is 0 Å². The van der Waals surface area contributed by atoms with E-state index >= 15 is 0 Å². The van der Waals surface area contributed by atoms with Gasteiger partial charge in [-0.2, -0.15) is 0 Å². The van der Waals surface area contributed by atoms with E-state index in [0.717, 1.165) is 5.69 Å². The molecule has 0 unspecified atom stereocenters. The Balaban J connectivity index is 2.53. The highest BCUT2D eigenvalue weighted by atomic mass is 35.5. The number of nitrogen functional groups attached to an aromatic ring is 1. The average Bonchev–Trinajstić information content (AvgIpc) is 2.56. The van der Waals surface area contributed by atoms with E-state index in [-0.39, 0.29) is 0 Å². The topological polar surface area (TPSA) is 30.9 Å². The molecule has 2 aromatic rings. The number of benzene rings is 1. The molecule has 0 aliphatic carbocycles. The molecule has 0 saturated heterocycles. The second-order valence-corrected chi connectivity index (χ2v) is 3.23. The van der Waals surface area contributed by atoms with Gasteiger partial charge < -0.3 is 10.3 Å². The van der Waals surface area contributed by atoms with Crippen molar-refractivity contribution in [2.75, 3.05) is 5.73 Å². The largest absolute Gasteiger partial charge is 0.397 e. The third kappa shape index (κ3) is 1.53. The maximum atomic E-state index is 5.81. The molecular weight excluding hydrogens is 184 g/mol. The first-order valence-corrected chi connectivity index (χ1v) is 4.33. The van der Waals surface area contributed by atoms with Crippen LogP contribution in [-0.4, -0.2) is 4.57 Å². The number of nitrogens with zero attached hydrogens (tertiary/aromatic N) is 1. The lowest BCUT2D eigenvalue weighted by atomic mass is 10.2. The van der Waals surface area contributed by atoms with Crippen LogP contribution < -0.4 is 5.73 Å². The van der Waals surface area contributed by atoms with E-state index in [1.54, 1.807) is 6.07 Å². The van der Waals surface area contributed by atoms with Crippen LogP contribution in [0.25, 0.3) is 5.69 Å². The highest BCUT2D eigenvalue weighted by Crippen LogP contribution is 2.21. The quantitative estimate of drug-likeness (QED) is 0.692. The molecule has 1 heterocycles. The van der Waals surface area contributed by atoms with Crippen LogP contribution in [-0.2, 0) is 0 Å². The Morgan fingerprint density at radius 3 is 2.46 bits per heavy atom. The molecule has 66 valence electrons. The van der Waals surface area contributed by atoms with Crippen LogP contribution in [0.1, 0.15) is 0 Å². The van der Waals surface area contributed by atoms with Gasteiger partial charge in [-0.05, 0) is 30.3 Å². The van der Waals surface area contributed by atoms with Crippen molar-refractivity contribution in [3.8, 4) is 5.69 Å². The Bertz CT molecular complexity index is 407. The number of rotatable bonds is 1. The van der Waals surface area contributed by atoms with Gasteiger partial charge in [0, 0.05) is 17.4 Å². The van der Waals surface area contributed by atoms with E-state index in [1.165, 1.54) is 0 Å². The predicted molar refractivity (Wildman–Crippen MR) is 55.2 cm³/mol. The van der Waals surface area contributed by atoms with E-state index in [4.69, 9.17) is 17.3 Å². The summed E-state index contributed by atoms with van der Waals surface area (Å²) in [6.45, 7) is 0. The molecule has 0 amide bonds. The maximum absolute atomic E-state index is 5.81. The van der Waals surface area contributed by atoms with E-state index in [2.05, 4.69) is 0 Å². The fourth-order valence-electron chi connectivity index (χ4n) is 1.26. The summed E-state index contributed by atoms with van der Waals surface area (Å²) in [6, 6.07) is 9.38. The van der Waals surface area contributed by atoms with Crippen molar-refractivity contribution in [1.82, 2.24) is 4.57 Å². The van der Waals surface area contributed by atoms with Crippen LogP contribution in [0.5, 0.6) is 0 Å². The fraction of sp³-hybridized carbons (Fsp3) is 0. The first-order valence-electron chi connectivity index (χ1n) is 3.96. The Labute approximate surface area is 81.6 Å². The van der Waals surface area contributed by atoms with Crippen molar-refractivity contribution in [1.29, 1.82) is 0 Å². The summed E-state index contributed by atoms with van der Waals surface area (Å²) in [4.78, 5) is 0. The molecule has 0 aliphatic heterocycles. The number of halogens is 1. The average molecular weight is 193 g/mol. The second kappa shape index (κ2) is 3.15. The minimum Gasteiger partial charge on any atom is -0.397 e. The number of anilines is 1. The molecule has 2 N–H and O–H groups in total. The summed E-state index contributed by atoms with van der Waals surface area (Å²) >= 11 is 5.79. The molecule has 0 aliphatic rings. The number of hydrogen-bond donors (Lipinski definition) is 1. The zero-order valence-corrected chi connectivity index (χ0v) is 7.70. The normalized spacial score (nSPS) is 10.2. The van der Waals surface area contributed by atoms with Crippen LogP contribution in [0.3, 0.4) is 0 Å². The third-order valence-corrected chi connectivity index (χ3v) is 2.11. The van der Waals surface area contributed by atoms with Gasteiger partial charge in [-0.25, -0.2) is 0 Å². The lowest BCUT2D eigenvalue weighted by molar-refractivity contribution is 1.08. The highest BCUT2D eigenvalue weighted by molar-refractivity contribution is 6.30. The SMILES string of the molecule is Nc1cc(Cl)ccc1-n1cccc1. The van der Waals surface area contributed by atoms with E-state index in [0.29, 0.717) is 10.7 Å². The van der Waals surface area contributed by atoms with Crippen LogP contribution >= 0.6 is 11.6 Å². The van der Waals surface area contributed by atoms with E-state index < -0.39 is 0 Å². The first-order chi connectivity index (χ1) is 6.27. The Morgan fingerprint density at radius 2 is 1.85 bits per heavy atom. The van der Waals surface area contributed by atoms with Crippen molar-refractivity contribution in [3.63, 3.8) is 0 Å². The lowest BCUT2D eigenvalue weighted by Gasteiger charge is -2.06. The van der Waals surface area contributed by atoms with Crippen LogP contribution in [0.2, 0.25) is 5.02 Å². The van der Waals surface area contributed by atoms with Crippen molar-refractivity contribution < 1.29 is 0 Å². The standard InChI is InChI=1S/C10H9ClN2/c11-8-3-4-10(9(12)7-8)13-5-1-2-6-13/h1-7H,12H2. The molecule has 0 bridgehead atoms. The summed E-state index contributed by atoms with van der Waals surface area (Å²) in [5.74, 6) is 0. The number of nitrogens with two attached hydrogens (primary N) is 1. The summed E-state index contributed by atoms with van der Waals surface area (Å²) in [6.07, 6.45) is 3.89. The van der Waals surface area contributed by atoms with Gasteiger partial charge in [-0.15, -0.1) is 0 Å². The van der Waals surface area contributed by atoms with E-state index in [9.17, 15) is 0 Å². The van der Waals surface area contributed by atoms with E-state index in [1.807, 2.05) is 41.2 Å². The number of hydrogen-bond acceptors (Lipinski definition) is 1. The summed E-state index contributed by atoms with van der Waals surface area (Å²) in [7, 11) is 0.